The van der Waals surface area contributed by atoms with Crippen molar-refractivity contribution in [3.05, 3.63) is 0 Å². The van der Waals surface area contributed by atoms with Crippen LogP contribution in [0.1, 0.15) is 58.3 Å². The Morgan fingerprint density at radius 1 is 0.941 bits per heavy atom. The van der Waals surface area contributed by atoms with Crippen LogP contribution in [-0.4, -0.2) is 24.6 Å². The first-order valence-corrected chi connectivity index (χ1v) is 6.53. The standard InChI is InChI=1S/C13H22O4/c1-11-7-3-2-6-10-16-12(14)8-4-5-9-13(15)17-11/h11H,2-10H2,1H3. The van der Waals surface area contributed by atoms with Crippen LogP contribution < -0.4 is 0 Å². The molecule has 0 bridgehead atoms. The van der Waals surface area contributed by atoms with E-state index in [1.54, 1.807) is 0 Å². The molecule has 1 atom stereocenters. The van der Waals surface area contributed by atoms with Crippen molar-refractivity contribution in [2.75, 3.05) is 6.61 Å². The Bertz CT molecular complexity index is 250. The zero-order valence-corrected chi connectivity index (χ0v) is 10.6. The average Bonchev–Trinajstić information content (AvgIpc) is 2.28. The molecule has 1 aliphatic heterocycles. The van der Waals surface area contributed by atoms with Gasteiger partial charge in [0.2, 0.25) is 0 Å². The molecular weight excluding hydrogens is 220 g/mol. The molecule has 0 saturated carbocycles. The van der Waals surface area contributed by atoms with Gasteiger partial charge in [0.1, 0.15) is 0 Å². The number of carbonyl (C=O) groups is 2. The highest BCUT2D eigenvalue weighted by Crippen LogP contribution is 2.11. The van der Waals surface area contributed by atoms with Crippen LogP contribution in [0.5, 0.6) is 0 Å². The Morgan fingerprint density at radius 3 is 2.41 bits per heavy atom. The molecule has 0 spiro atoms. The predicted molar refractivity (Wildman–Crippen MR) is 63.4 cm³/mol. The highest BCUT2D eigenvalue weighted by molar-refractivity contribution is 5.70. The van der Waals surface area contributed by atoms with Gasteiger partial charge in [0, 0.05) is 12.8 Å². The summed E-state index contributed by atoms with van der Waals surface area (Å²) >= 11 is 0. The normalized spacial score (nSPS) is 25.6. The third kappa shape index (κ3) is 6.97. The molecule has 0 amide bonds. The number of carbonyl (C=O) groups excluding carboxylic acids is 2. The minimum atomic E-state index is -0.150. The van der Waals surface area contributed by atoms with E-state index in [9.17, 15) is 9.59 Å². The molecule has 98 valence electrons. The molecule has 1 heterocycles. The molecule has 1 aliphatic rings. The highest BCUT2D eigenvalue weighted by atomic mass is 16.5. The monoisotopic (exact) mass is 242 g/mol. The summed E-state index contributed by atoms with van der Waals surface area (Å²) in [6, 6.07) is 0. The van der Waals surface area contributed by atoms with Gasteiger partial charge in [0.05, 0.1) is 12.7 Å². The van der Waals surface area contributed by atoms with Gasteiger partial charge in [-0.25, -0.2) is 0 Å². The lowest BCUT2D eigenvalue weighted by molar-refractivity contribution is -0.149. The molecule has 1 rings (SSSR count). The van der Waals surface area contributed by atoms with Gasteiger partial charge >= 0.3 is 11.9 Å². The Labute approximate surface area is 103 Å². The fourth-order valence-electron chi connectivity index (χ4n) is 1.85. The Balaban J connectivity index is 2.33. The molecular formula is C13H22O4. The zero-order chi connectivity index (χ0) is 12.5. The van der Waals surface area contributed by atoms with Crippen molar-refractivity contribution < 1.29 is 19.1 Å². The van der Waals surface area contributed by atoms with Gasteiger partial charge in [-0.2, -0.15) is 0 Å². The Hall–Kier alpha value is -1.06. The lowest BCUT2D eigenvalue weighted by Gasteiger charge is -2.13. The van der Waals surface area contributed by atoms with Crippen LogP contribution >= 0.6 is 0 Å². The Kier molecular flexibility index (Phi) is 6.67. The van der Waals surface area contributed by atoms with Crippen molar-refractivity contribution in [1.82, 2.24) is 0 Å². The Morgan fingerprint density at radius 2 is 1.65 bits per heavy atom. The summed E-state index contributed by atoms with van der Waals surface area (Å²) in [5.41, 5.74) is 0. The molecule has 0 N–H and O–H groups in total. The summed E-state index contributed by atoms with van der Waals surface area (Å²) < 4.78 is 10.4. The highest BCUT2D eigenvalue weighted by Gasteiger charge is 2.11. The van der Waals surface area contributed by atoms with Crippen molar-refractivity contribution in [3.8, 4) is 0 Å². The number of ether oxygens (including phenoxy) is 2. The fraction of sp³-hybridized carbons (Fsp3) is 0.846. The van der Waals surface area contributed by atoms with Crippen molar-refractivity contribution >= 4 is 11.9 Å². The zero-order valence-electron chi connectivity index (χ0n) is 10.6. The van der Waals surface area contributed by atoms with Crippen LogP contribution in [0.2, 0.25) is 0 Å². The minimum absolute atomic E-state index is 0.00740. The number of hydrogen-bond acceptors (Lipinski definition) is 4. The lowest BCUT2D eigenvalue weighted by Crippen LogP contribution is -2.15. The third-order valence-electron chi connectivity index (χ3n) is 2.86. The van der Waals surface area contributed by atoms with E-state index in [0.717, 1.165) is 25.7 Å². The summed E-state index contributed by atoms with van der Waals surface area (Å²) in [5, 5.41) is 0. The van der Waals surface area contributed by atoms with Crippen LogP contribution in [-0.2, 0) is 19.1 Å². The van der Waals surface area contributed by atoms with E-state index in [2.05, 4.69) is 0 Å². The molecule has 4 heteroatoms. The summed E-state index contributed by atoms with van der Waals surface area (Å²) in [4.78, 5) is 22.7. The van der Waals surface area contributed by atoms with Gasteiger partial charge in [-0.15, -0.1) is 0 Å². The SMILES string of the molecule is CC1CCCCCOC(=O)CCCCC(=O)O1. The van der Waals surface area contributed by atoms with Crippen molar-refractivity contribution in [2.45, 2.75) is 64.4 Å². The summed E-state index contributed by atoms with van der Waals surface area (Å²) in [7, 11) is 0. The van der Waals surface area contributed by atoms with Crippen molar-refractivity contribution in [1.29, 1.82) is 0 Å². The number of rotatable bonds is 0. The van der Waals surface area contributed by atoms with Gasteiger partial charge in [0.25, 0.3) is 0 Å². The summed E-state index contributed by atoms with van der Waals surface area (Å²) in [5.74, 6) is -0.299. The maximum Gasteiger partial charge on any atom is 0.306 e. The minimum Gasteiger partial charge on any atom is -0.466 e. The van der Waals surface area contributed by atoms with E-state index in [1.165, 1.54) is 0 Å². The van der Waals surface area contributed by atoms with Gasteiger partial charge in [-0.05, 0) is 45.4 Å². The van der Waals surface area contributed by atoms with Crippen molar-refractivity contribution in [3.63, 3.8) is 0 Å². The largest absolute Gasteiger partial charge is 0.466 e. The first-order valence-electron chi connectivity index (χ1n) is 6.53. The number of hydrogen-bond donors (Lipinski definition) is 0. The topological polar surface area (TPSA) is 52.6 Å². The fourth-order valence-corrected chi connectivity index (χ4v) is 1.85. The molecule has 1 unspecified atom stereocenters. The predicted octanol–water partition coefficient (Wildman–Crippen LogP) is 2.60. The lowest BCUT2D eigenvalue weighted by atomic mass is 10.1. The van der Waals surface area contributed by atoms with Gasteiger partial charge < -0.3 is 9.47 Å². The number of esters is 2. The summed E-state index contributed by atoms with van der Waals surface area (Å²) in [6.45, 7) is 2.46. The van der Waals surface area contributed by atoms with Gasteiger partial charge in [-0.3, -0.25) is 9.59 Å². The van der Waals surface area contributed by atoms with E-state index in [0.29, 0.717) is 32.3 Å². The second-order valence-corrected chi connectivity index (χ2v) is 4.58. The van der Waals surface area contributed by atoms with E-state index in [4.69, 9.17) is 9.47 Å². The van der Waals surface area contributed by atoms with Gasteiger partial charge in [-0.1, -0.05) is 0 Å². The third-order valence-corrected chi connectivity index (χ3v) is 2.86. The molecule has 1 fully saturated rings. The average molecular weight is 242 g/mol. The molecule has 0 aromatic carbocycles. The second kappa shape index (κ2) is 8.09. The molecule has 0 aromatic heterocycles. The van der Waals surface area contributed by atoms with E-state index < -0.39 is 0 Å². The van der Waals surface area contributed by atoms with Gasteiger partial charge in [0.15, 0.2) is 0 Å². The maximum absolute atomic E-state index is 11.4. The molecule has 4 nitrogen and oxygen atoms in total. The molecule has 0 aliphatic carbocycles. The molecule has 0 aromatic rings. The quantitative estimate of drug-likeness (QED) is 0.613. The van der Waals surface area contributed by atoms with E-state index in [1.807, 2.05) is 6.92 Å². The molecule has 17 heavy (non-hydrogen) atoms. The molecule has 0 radical (unpaired) electrons. The smallest absolute Gasteiger partial charge is 0.306 e. The first-order chi connectivity index (χ1) is 8.18. The van der Waals surface area contributed by atoms with E-state index >= 15 is 0 Å². The first kappa shape index (κ1) is 14.0. The van der Waals surface area contributed by atoms with Crippen LogP contribution in [0.4, 0.5) is 0 Å². The van der Waals surface area contributed by atoms with Crippen LogP contribution in [0.25, 0.3) is 0 Å². The van der Waals surface area contributed by atoms with Crippen LogP contribution in [0.3, 0.4) is 0 Å². The molecule has 1 saturated heterocycles. The number of cyclic esters (lactones) is 2. The van der Waals surface area contributed by atoms with Crippen molar-refractivity contribution in [2.24, 2.45) is 0 Å². The van der Waals surface area contributed by atoms with E-state index in [-0.39, 0.29) is 18.0 Å². The van der Waals surface area contributed by atoms with Crippen LogP contribution in [0.15, 0.2) is 0 Å². The maximum atomic E-state index is 11.4. The summed E-state index contributed by atoms with van der Waals surface area (Å²) in [6.07, 6.45) is 6.00. The second-order valence-electron chi connectivity index (χ2n) is 4.58. The van der Waals surface area contributed by atoms with Crippen LogP contribution in [0, 0.1) is 0 Å².